The van der Waals surface area contributed by atoms with Gasteiger partial charge >= 0.3 is 0 Å². The van der Waals surface area contributed by atoms with Crippen molar-refractivity contribution in [2.75, 3.05) is 19.6 Å². The number of hydrogen-bond acceptors (Lipinski definition) is 5. The highest BCUT2D eigenvalue weighted by Crippen LogP contribution is 2.21. The quantitative estimate of drug-likeness (QED) is 0.718. The lowest BCUT2D eigenvalue weighted by molar-refractivity contribution is -0.128. The molecule has 1 aromatic carbocycles. The number of likely N-dealkylation sites (tertiary alicyclic amines) is 2. The van der Waals surface area contributed by atoms with E-state index in [1.54, 1.807) is 0 Å². The summed E-state index contributed by atoms with van der Waals surface area (Å²) < 4.78 is 0. The fourth-order valence-electron chi connectivity index (χ4n) is 4.70. The molecule has 2 aliphatic rings. The van der Waals surface area contributed by atoms with Crippen LogP contribution in [0.5, 0.6) is 0 Å². The number of pyridine rings is 1. The molecule has 0 radical (unpaired) electrons. The largest absolute Gasteiger partial charge is 0.393 e. The number of aromatic nitrogens is 1. The van der Waals surface area contributed by atoms with Crippen LogP contribution in [0.2, 0.25) is 0 Å². The zero-order valence-electron chi connectivity index (χ0n) is 18.2. The molecule has 2 aromatic rings. The van der Waals surface area contributed by atoms with Crippen LogP contribution in [0.1, 0.15) is 48.8 Å². The maximum Gasteiger partial charge on any atom is 0.237 e. The molecule has 6 heteroatoms. The number of nitrogens with one attached hydrogen (secondary N) is 1. The lowest BCUT2D eigenvalue weighted by Gasteiger charge is -2.34. The van der Waals surface area contributed by atoms with Crippen molar-refractivity contribution in [1.29, 1.82) is 0 Å². The summed E-state index contributed by atoms with van der Waals surface area (Å²) in [6.07, 6.45) is 8.31. The van der Waals surface area contributed by atoms with Crippen LogP contribution < -0.4 is 5.32 Å². The van der Waals surface area contributed by atoms with E-state index in [1.807, 2.05) is 30.6 Å². The topological polar surface area (TPSA) is 68.7 Å². The Kier molecular flexibility index (Phi) is 7.67. The number of hydrogen-bond donors (Lipinski definition) is 2. The first-order chi connectivity index (χ1) is 15.2. The number of benzene rings is 1. The van der Waals surface area contributed by atoms with Crippen LogP contribution in [0.15, 0.2) is 48.8 Å². The number of amides is 1. The predicted molar refractivity (Wildman–Crippen MR) is 121 cm³/mol. The summed E-state index contributed by atoms with van der Waals surface area (Å²) in [6.45, 7) is 5.03. The second-order valence-electron chi connectivity index (χ2n) is 8.83. The molecule has 1 amide bonds. The van der Waals surface area contributed by atoms with E-state index in [2.05, 4.69) is 38.3 Å². The number of piperidine rings is 2. The maximum absolute atomic E-state index is 13.1. The lowest BCUT2D eigenvalue weighted by atomic mass is 10.00. The second-order valence-corrected chi connectivity index (χ2v) is 8.83. The molecule has 1 aromatic heterocycles. The number of carbonyl (C=O) groups is 1. The average Bonchev–Trinajstić information content (AvgIpc) is 2.81. The van der Waals surface area contributed by atoms with E-state index in [1.165, 1.54) is 16.7 Å². The van der Waals surface area contributed by atoms with Gasteiger partial charge in [-0.2, -0.15) is 0 Å². The molecule has 1 atom stereocenters. The molecule has 31 heavy (non-hydrogen) atoms. The molecule has 0 bridgehead atoms. The molecule has 1 unspecified atom stereocenters. The molecule has 2 fully saturated rings. The van der Waals surface area contributed by atoms with E-state index in [9.17, 15) is 9.90 Å². The normalized spacial score (nSPS) is 21.1. The molecule has 2 aliphatic heterocycles. The fraction of sp³-hybridized carbons (Fsp3) is 0.520. The van der Waals surface area contributed by atoms with Gasteiger partial charge in [-0.05, 0) is 61.1 Å². The Morgan fingerprint density at radius 2 is 1.71 bits per heavy atom. The van der Waals surface area contributed by atoms with Gasteiger partial charge < -0.3 is 10.4 Å². The average molecular weight is 423 g/mol. The summed E-state index contributed by atoms with van der Waals surface area (Å²) in [5, 5.41) is 13.0. The Morgan fingerprint density at radius 3 is 2.48 bits per heavy atom. The van der Waals surface area contributed by atoms with Crippen molar-refractivity contribution in [1.82, 2.24) is 20.1 Å². The minimum absolute atomic E-state index is 0.0716. The minimum atomic E-state index is -0.156. The van der Waals surface area contributed by atoms with Crippen LogP contribution >= 0.6 is 0 Å². The van der Waals surface area contributed by atoms with Crippen molar-refractivity contribution in [3.05, 3.63) is 65.5 Å². The molecule has 0 saturated carbocycles. The van der Waals surface area contributed by atoms with E-state index >= 15 is 0 Å². The van der Waals surface area contributed by atoms with Gasteiger partial charge in [-0.25, -0.2) is 0 Å². The second kappa shape index (κ2) is 10.8. The molecule has 2 N–H and O–H groups in total. The maximum atomic E-state index is 13.1. The summed E-state index contributed by atoms with van der Waals surface area (Å²) in [5.74, 6) is 0.129. The van der Waals surface area contributed by atoms with E-state index < -0.39 is 0 Å². The highest BCUT2D eigenvalue weighted by atomic mass is 16.3. The number of aliphatic hydroxyl groups is 1. The summed E-state index contributed by atoms with van der Waals surface area (Å²) in [4.78, 5) is 21.9. The van der Waals surface area contributed by atoms with Crippen molar-refractivity contribution in [3.63, 3.8) is 0 Å². The standard InChI is InChI=1S/C25H34N4O2/c30-23-10-15-28(16-11-23)19-22-6-2-1-5-21(22)17-27-25(31)24-7-3-4-14-29(24)18-20-8-12-26-13-9-20/h1-2,5-6,8-9,12-13,23-24,30H,3-4,7,10-11,14-19H2,(H,27,31). The van der Waals surface area contributed by atoms with Gasteiger partial charge in [0.2, 0.25) is 5.91 Å². The molecule has 2 saturated heterocycles. The monoisotopic (exact) mass is 422 g/mol. The Hall–Kier alpha value is -2.28. The number of nitrogens with zero attached hydrogens (tertiary/aromatic N) is 3. The Balaban J connectivity index is 1.35. The minimum Gasteiger partial charge on any atom is -0.393 e. The summed E-state index contributed by atoms with van der Waals surface area (Å²) >= 11 is 0. The third-order valence-corrected chi connectivity index (χ3v) is 6.57. The number of carbonyl (C=O) groups excluding carboxylic acids is 1. The third-order valence-electron chi connectivity index (χ3n) is 6.57. The van der Waals surface area contributed by atoms with Crippen molar-refractivity contribution >= 4 is 5.91 Å². The van der Waals surface area contributed by atoms with E-state index in [4.69, 9.17) is 0 Å². The highest BCUT2D eigenvalue weighted by molar-refractivity contribution is 5.81. The SMILES string of the molecule is O=C(NCc1ccccc1CN1CCC(O)CC1)C1CCCCN1Cc1ccncc1. The summed E-state index contributed by atoms with van der Waals surface area (Å²) in [7, 11) is 0. The van der Waals surface area contributed by atoms with Crippen molar-refractivity contribution in [2.45, 2.75) is 63.9 Å². The van der Waals surface area contributed by atoms with Gasteiger partial charge in [-0.3, -0.25) is 19.6 Å². The molecule has 0 aliphatic carbocycles. The molecule has 0 spiro atoms. The zero-order valence-corrected chi connectivity index (χ0v) is 18.2. The summed E-state index contributed by atoms with van der Waals surface area (Å²) in [6, 6.07) is 12.4. The van der Waals surface area contributed by atoms with Gasteiger partial charge in [0, 0.05) is 45.1 Å². The van der Waals surface area contributed by atoms with Gasteiger partial charge in [-0.1, -0.05) is 30.7 Å². The molecule has 3 heterocycles. The van der Waals surface area contributed by atoms with Crippen LogP contribution in [-0.4, -0.2) is 57.6 Å². The van der Waals surface area contributed by atoms with Crippen molar-refractivity contribution in [3.8, 4) is 0 Å². The highest BCUT2D eigenvalue weighted by Gasteiger charge is 2.28. The first-order valence-corrected chi connectivity index (χ1v) is 11.6. The van der Waals surface area contributed by atoms with E-state index in [-0.39, 0.29) is 18.1 Å². The lowest BCUT2D eigenvalue weighted by Crippen LogP contribution is -2.48. The van der Waals surface area contributed by atoms with Gasteiger partial charge in [0.05, 0.1) is 12.1 Å². The molecule has 6 nitrogen and oxygen atoms in total. The molecule has 166 valence electrons. The Morgan fingerprint density at radius 1 is 0.968 bits per heavy atom. The van der Waals surface area contributed by atoms with E-state index in [0.717, 1.165) is 64.8 Å². The van der Waals surface area contributed by atoms with Crippen molar-refractivity contribution < 1.29 is 9.90 Å². The Bertz CT molecular complexity index is 836. The Labute approximate surface area is 185 Å². The number of rotatable bonds is 7. The molecular weight excluding hydrogens is 388 g/mol. The summed E-state index contributed by atoms with van der Waals surface area (Å²) in [5.41, 5.74) is 3.64. The smallest absolute Gasteiger partial charge is 0.237 e. The van der Waals surface area contributed by atoms with Gasteiger partial charge in [-0.15, -0.1) is 0 Å². The van der Waals surface area contributed by atoms with Gasteiger partial charge in [0.1, 0.15) is 0 Å². The van der Waals surface area contributed by atoms with Crippen LogP contribution in [0, 0.1) is 0 Å². The van der Waals surface area contributed by atoms with Gasteiger partial charge in [0.25, 0.3) is 0 Å². The third kappa shape index (κ3) is 6.12. The molecular formula is C25H34N4O2. The first kappa shape index (κ1) is 21.9. The van der Waals surface area contributed by atoms with Crippen molar-refractivity contribution in [2.24, 2.45) is 0 Å². The fourth-order valence-corrected chi connectivity index (χ4v) is 4.70. The van der Waals surface area contributed by atoms with Crippen LogP contribution in [-0.2, 0) is 24.4 Å². The van der Waals surface area contributed by atoms with Crippen LogP contribution in [0.3, 0.4) is 0 Å². The number of aliphatic hydroxyl groups excluding tert-OH is 1. The van der Waals surface area contributed by atoms with Gasteiger partial charge in [0.15, 0.2) is 0 Å². The van der Waals surface area contributed by atoms with Crippen LogP contribution in [0.25, 0.3) is 0 Å². The van der Waals surface area contributed by atoms with Crippen LogP contribution in [0.4, 0.5) is 0 Å². The first-order valence-electron chi connectivity index (χ1n) is 11.6. The predicted octanol–water partition coefficient (Wildman–Crippen LogP) is 2.71. The molecule has 4 rings (SSSR count). The van der Waals surface area contributed by atoms with E-state index in [0.29, 0.717) is 6.54 Å². The zero-order chi connectivity index (χ0) is 21.5.